The number of unbranched alkanes of at least 4 members (excludes halogenated alkanes) is 1. The number of aromatic nitrogens is 2. The smallest absolute Gasteiger partial charge is 0.410 e. The lowest BCUT2D eigenvalue weighted by Gasteiger charge is -2.43. The summed E-state index contributed by atoms with van der Waals surface area (Å²) >= 11 is 0. The molecule has 0 aliphatic carbocycles. The number of benzene rings is 1. The number of para-hydroxylation sites is 2. The van der Waals surface area contributed by atoms with Crippen LogP contribution in [0.4, 0.5) is 4.79 Å². The van der Waals surface area contributed by atoms with Gasteiger partial charge in [0.15, 0.2) is 5.82 Å². The number of carbonyl (C=O) groups is 3. The molecule has 0 spiro atoms. The highest BCUT2D eigenvalue weighted by Crippen LogP contribution is 2.27. The molecule has 0 radical (unpaired) electrons. The summed E-state index contributed by atoms with van der Waals surface area (Å²) in [5, 5.41) is 0. The largest absolute Gasteiger partial charge is 0.444 e. The minimum absolute atomic E-state index is 0.0931. The van der Waals surface area contributed by atoms with Crippen LogP contribution in [0.1, 0.15) is 77.8 Å². The first-order chi connectivity index (χ1) is 18.4. The third-order valence-electron chi connectivity index (χ3n) is 6.97. The van der Waals surface area contributed by atoms with Crippen LogP contribution in [-0.2, 0) is 20.8 Å². The second-order valence-corrected chi connectivity index (χ2v) is 11.9. The molecule has 9 nitrogen and oxygen atoms in total. The number of Topliss-reactive ketones (excluding diaryl/α,β-unsaturated/α-hetero) is 1. The van der Waals surface area contributed by atoms with Gasteiger partial charge in [0.05, 0.1) is 17.1 Å². The summed E-state index contributed by atoms with van der Waals surface area (Å²) in [5.41, 5.74) is 1.03. The Bertz CT molecular complexity index is 1140. The Morgan fingerprint density at radius 2 is 1.85 bits per heavy atom. The summed E-state index contributed by atoms with van der Waals surface area (Å²) in [4.78, 5) is 48.5. The number of ketones is 1. The highest BCUT2D eigenvalue weighted by molar-refractivity contribution is 5.95. The molecule has 1 fully saturated rings. The van der Waals surface area contributed by atoms with E-state index in [0.717, 1.165) is 23.9 Å². The highest BCUT2D eigenvalue weighted by Gasteiger charge is 2.40. The molecular weight excluding hydrogens is 496 g/mol. The van der Waals surface area contributed by atoms with Gasteiger partial charge in [-0.15, -0.1) is 0 Å². The molecule has 1 aliphatic rings. The number of likely N-dealkylation sites (tertiary alicyclic amines) is 1. The SMILES string of the molecule is CCC(=O)[C@@H]1CC(N(CC(C)C)C(=O)c2nc3ccccc3n2CCCCOC)CN(C(=O)OC(C)(C)C)C1. The Balaban J connectivity index is 1.98. The number of rotatable bonds is 11. The first kappa shape index (κ1) is 30.6. The lowest BCUT2D eigenvalue weighted by atomic mass is 9.88. The van der Waals surface area contributed by atoms with Crippen molar-refractivity contribution in [2.45, 2.75) is 85.4 Å². The van der Waals surface area contributed by atoms with Gasteiger partial charge in [0.25, 0.3) is 5.91 Å². The molecule has 2 atom stereocenters. The second kappa shape index (κ2) is 13.4. The maximum absolute atomic E-state index is 14.3. The zero-order valence-electron chi connectivity index (χ0n) is 24.7. The lowest BCUT2D eigenvalue weighted by molar-refractivity contribution is -0.125. The van der Waals surface area contributed by atoms with Gasteiger partial charge in [0, 0.05) is 52.2 Å². The van der Waals surface area contributed by atoms with Crippen LogP contribution in [0.5, 0.6) is 0 Å². The number of hydrogen-bond donors (Lipinski definition) is 0. The maximum atomic E-state index is 14.3. The second-order valence-electron chi connectivity index (χ2n) is 11.9. The first-order valence-corrected chi connectivity index (χ1v) is 14.2. The average molecular weight is 543 g/mol. The molecule has 39 heavy (non-hydrogen) atoms. The van der Waals surface area contributed by atoms with E-state index in [2.05, 4.69) is 13.8 Å². The van der Waals surface area contributed by atoms with E-state index in [-0.39, 0.29) is 29.6 Å². The van der Waals surface area contributed by atoms with Crippen LogP contribution in [-0.4, -0.2) is 82.1 Å². The molecule has 1 unspecified atom stereocenters. The molecule has 1 aliphatic heterocycles. The van der Waals surface area contributed by atoms with Crippen LogP contribution in [0.3, 0.4) is 0 Å². The summed E-state index contributed by atoms with van der Waals surface area (Å²) in [6.45, 7) is 13.9. The van der Waals surface area contributed by atoms with Crippen molar-refractivity contribution in [3.05, 3.63) is 30.1 Å². The molecule has 9 heteroatoms. The molecule has 0 saturated carbocycles. The maximum Gasteiger partial charge on any atom is 0.410 e. The summed E-state index contributed by atoms with van der Waals surface area (Å²) in [7, 11) is 1.69. The zero-order chi connectivity index (χ0) is 28.7. The van der Waals surface area contributed by atoms with Crippen LogP contribution >= 0.6 is 0 Å². The third kappa shape index (κ3) is 8.03. The van der Waals surface area contributed by atoms with Crippen molar-refractivity contribution in [3.8, 4) is 0 Å². The van der Waals surface area contributed by atoms with Crippen LogP contribution in [0.25, 0.3) is 11.0 Å². The van der Waals surface area contributed by atoms with Crippen molar-refractivity contribution in [2.24, 2.45) is 11.8 Å². The minimum Gasteiger partial charge on any atom is -0.444 e. The molecule has 0 N–H and O–H groups in total. The van der Waals surface area contributed by atoms with Crippen molar-refractivity contribution in [3.63, 3.8) is 0 Å². The number of piperidine rings is 1. The van der Waals surface area contributed by atoms with E-state index in [4.69, 9.17) is 14.5 Å². The first-order valence-electron chi connectivity index (χ1n) is 14.2. The molecule has 0 bridgehead atoms. The average Bonchev–Trinajstić information content (AvgIpc) is 3.26. The van der Waals surface area contributed by atoms with E-state index in [1.165, 1.54) is 0 Å². The lowest BCUT2D eigenvalue weighted by Crippen LogP contribution is -2.57. The molecule has 2 amide bonds. The number of nitrogens with zero attached hydrogens (tertiary/aromatic N) is 4. The molecular formula is C30H46N4O5. The van der Waals surface area contributed by atoms with E-state index in [9.17, 15) is 14.4 Å². The molecule has 1 aromatic heterocycles. The van der Waals surface area contributed by atoms with Gasteiger partial charge in [-0.05, 0) is 58.1 Å². The van der Waals surface area contributed by atoms with E-state index in [1.807, 2.05) is 61.4 Å². The molecule has 3 rings (SSSR count). The normalized spacial score (nSPS) is 18.0. The van der Waals surface area contributed by atoms with Gasteiger partial charge < -0.3 is 23.8 Å². The van der Waals surface area contributed by atoms with Gasteiger partial charge in [0.2, 0.25) is 0 Å². The van der Waals surface area contributed by atoms with E-state index in [1.54, 1.807) is 12.0 Å². The van der Waals surface area contributed by atoms with Gasteiger partial charge in [-0.2, -0.15) is 0 Å². The fourth-order valence-electron chi connectivity index (χ4n) is 5.20. The van der Waals surface area contributed by atoms with Crippen LogP contribution in [0.15, 0.2) is 24.3 Å². The summed E-state index contributed by atoms with van der Waals surface area (Å²) < 4.78 is 12.9. The number of imidazole rings is 1. The van der Waals surface area contributed by atoms with Crippen LogP contribution in [0, 0.1) is 11.8 Å². The van der Waals surface area contributed by atoms with E-state index >= 15 is 0 Å². The van der Waals surface area contributed by atoms with Crippen molar-refractivity contribution < 1.29 is 23.9 Å². The predicted octanol–water partition coefficient (Wildman–Crippen LogP) is 5.17. The summed E-state index contributed by atoms with van der Waals surface area (Å²) in [6, 6.07) is 7.46. The van der Waals surface area contributed by atoms with Crippen molar-refractivity contribution >= 4 is 28.8 Å². The molecule has 2 aromatic rings. The fraction of sp³-hybridized carbons (Fsp3) is 0.667. The van der Waals surface area contributed by atoms with Crippen molar-refractivity contribution in [1.82, 2.24) is 19.4 Å². The minimum atomic E-state index is -0.657. The highest BCUT2D eigenvalue weighted by atomic mass is 16.6. The topological polar surface area (TPSA) is 94.0 Å². The Kier molecular flexibility index (Phi) is 10.5. The fourth-order valence-corrected chi connectivity index (χ4v) is 5.20. The number of aryl methyl sites for hydroxylation is 1. The molecule has 1 saturated heterocycles. The van der Waals surface area contributed by atoms with Gasteiger partial charge in [0.1, 0.15) is 11.4 Å². The van der Waals surface area contributed by atoms with Crippen LogP contribution in [0.2, 0.25) is 0 Å². The predicted molar refractivity (Wildman–Crippen MR) is 152 cm³/mol. The zero-order valence-corrected chi connectivity index (χ0v) is 24.7. The van der Waals surface area contributed by atoms with E-state index in [0.29, 0.717) is 51.5 Å². The van der Waals surface area contributed by atoms with Gasteiger partial charge in [-0.3, -0.25) is 9.59 Å². The van der Waals surface area contributed by atoms with Crippen LogP contribution < -0.4 is 0 Å². The molecule has 1 aromatic carbocycles. The monoisotopic (exact) mass is 542 g/mol. The summed E-state index contributed by atoms with van der Waals surface area (Å²) in [5.74, 6) is 0.144. The Hall–Kier alpha value is -2.94. The number of carbonyl (C=O) groups excluding carboxylic acids is 3. The number of ether oxygens (including phenoxy) is 2. The van der Waals surface area contributed by atoms with Crippen molar-refractivity contribution in [1.29, 1.82) is 0 Å². The van der Waals surface area contributed by atoms with Crippen molar-refractivity contribution in [2.75, 3.05) is 33.4 Å². The van der Waals surface area contributed by atoms with Gasteiger partial charge in [-0.25, -0.2) is 9.78 Å². The Morgan fingerprint density at radius 3 is 2.49 bits per heavy atom. The number of hydrogen-bond acceptors (Lipinski definition) is 6. The van der Waals surface area contributed by atoms with Gasteiger partial charge >= 0.3 is 6.09 Å². The quantitative estimate of drug-likeness (QED) is 0.364. The Morgan fingerprint density at radius 1 is 1.13 bits per heavy atom. The Labute approximate surface area is 232 Å². The number of fused-ring (bicyclic) bond motifs is 1. The number of amides is 2. The third-order valence-corrected chi connectivity index (χ3v) is 6.97. The number of methoxy groups -OCH3 is 1. The molecule has 216 valence electrons. The summed E-state index contributed by atoms with van der Waals surface area (Å²) in [6.07, 6.45) is 2.17. The standard InChI is InChI=1S/C30H46N4O5/c1-8-26(35)22-17-23(20-32(19-22)29(37)39-30(4,5)6)34(18-21(2)3)28(36)27-31-24-13-9-10-14-25(24)33(27)15-11-12-16-38-7/h9-10,13-14,21-23H,8,11-12,15-20H2,1-7H3/t22-,23?/m1/s1. The van der Waals surface area contributed by atoms with E-state index < -0.39 is 11.7 Å². The van der Waals surface area contributed by atoms with Gasteiger partial charge in [-0.1, -0.05) is 32.9 Å². The molecule has 2 heterocycles.